The zero-order chi connectivity index (χ0) is 17.7. The van der Waals surface area contributed by atoms with E-state index in [1.807, 2.05) is 6.07 Å². The number of amides is 1. The minimum atomic E-state index is -0.222. The Morgan fingerprint density at radius 2 is 1.60 bits per heavy atom. The number of halogens is 2. The molecular weight excluding hydrogens is 353 g/mol. The van der Waals surface area contributed by atoms with Gasteiger partial charge in [0.15, 0.2) is 0 Å². The number of carbonyl (C=O) groups excluding carboxylic acids is 1. The van der Waals surface area contributed by atoms with Gasteiger partial charge in [0.1, 0.15) is 0 Å². The maximum Gasteiger partial charge on any atom is 0.253 e. The lowest BCUT2D eigenvalue weighted by atomic mass is 9.83. The second kappa shape index (κ2) is 8.25. The molecule has 2 aromatic rings. The molecule has 25 heavy (non-hydrogen) atoms. The minimum absolute atomic E-state index is 0.134. The van der Waals surface area contributed by atoms with Gasteiger partial charge in [-0.2, -0.15) is 0 Å². The van der Waals surface area contributed by atoms with Gasteiger partial charge >= 0.3 is 0 Å². The van der Waals surface area contributed by atoms with Crippen molar-refractivity contribution in [2.45, 2.75) is 50.5 Å². The highest BCUT2D eigenvalue weighted by Gasteiger charge is 2.33. The Kier molecular flexibility index (Phi) is 6.03. The summed E-state index contributed by atoms with van der Waals surface area (Å²) in [5.41, 5.74) is 1.48. The van der Waals surface area contributed by atoms with E-state index in [2.05, 4.69) is 29.6 Å². The lowest BCUT2D eigenvalue weighted by Crippen LogP contribution is -2.50. The first-order chi connectivity index (χ1) is 12.1. The average Bonchev–Trinajstić information content (AvgIpc) is 2.83. The molecule has 2 nitrogen and oxygen atoms in total. The summed E-state index contributed by atoms with van der Waals surface area (Å²) >= 11 is 12.3. The average molecular weight is 376 g/mol. The zero-order valence-corrected chi connectivity index (χ0v) is 15.7. The van der Waals surface area contributed by atoms with Gasteiger partial charge in [0, 0.05) is 5.54 Å². The summed E-state index contributed by atoms with van der Waals surface area (Å²) in [6.07, 6.45) is 7.55. The van der Waals surface area contributed by atoms with Crippen LogP contribution in [0.5, 0.6) is 0 Å². The van der Waals surface area contributed by atoms with Gasteiger partial charge in [-0.1, -0.05) is 85.3 Å². The molecule has 1 amide bonds. The van der Waals surface area contributed by atoms with Crippen LogP contribution in [0.15, 0.2) is 48.5 Å². The van der Waals surface area contributed by atoms with Crippen LogP contribution in [0.25, 0.3) is 0 Å². The van der Waals surface area contributed by atoms with Crippen LogP contribution >= 0.6 is 23.2 Å². The van der Waals surface area contributed by atoms with Crippen molar-refractivity contribution in [3.8, 4) is 0 Å². The minimum Gasteiger partial charge on any atom is -0.346 e. The van der Waals surface area contributed by atoms with Crippen LogP contribution in [0.3, 0.4) is 0 Å². The van der Waals surface area contributed by atoms with Crippen molar-refractivity contribution in [1.82, 2.24) is 5.32 Å². The van der Waals surface area contributed by atoms with Gasteiger partial charge in [-0.05, 0) is 37.0 Å². The Bertz CT molecular complexity index is 722. The van der Waals surface area contributed by atoms with Crippen molar-refractivity contribution in [2.75, 3.05) is 0 Å². The van der Waals surface area contributed by atoms with E-state index in [4.69, 9.17) is 23.2 Å². The van der Waals surface area contributed by atoms with Gasteiger partial charge in [-0.15, -0.1) is 0 Å². The quantitative estimate of drug-likeness (QED) is 0.646. The Balaban J connectivity index is 1.86. The van der Waals surface area contributed by atoms with E-state index in [1.54, 1.807) is 18.2 Å². The summed E-state index contributed by atoms with van der Waals surface area (Å²) in [5, 5.41) is 4.06. The fourth-order valence-corrected chi connectivity index (χ4v) is 4.11. The van der Waals surface area contributed by atoms with Gasteiger partial charge in [-0.25, -0.2) is 0 Å². The van der Waals surface area contributed by atoms with E-state index in [0.29, 0.717) is 15.6 Å². The summed E-state index contributed by atoms with van der Waals surface area (Å²) in [6.45, 7) is 0. The third-order valence-corrected chi connectivity index (χ3v) is 5.84. The lowest BCUT2D eigenvalue weighted by molar-refractivity contribution is 0.0886. The van der Waals surface area contributed by atoms with E-state index in [9.17, 15) is 4.79 Å². The molecule has 0 bridgehead atoms. The monoisotopic (exact) mass is 375 g/mol. The topological polar surface area (TPSA) is 29.1 Å². The summed E-state index contributed by atoms with van der Waals surface area (Å²) < 4.78 is 0. The highest BCUT2D eigenvalue weighted by molar-refractivity contribution is 6.43. The molecule has 0 radical (unpaired) electrons. The molecule has 0 spiro atoms. The van der Waals surface area contributed by atoms with Crippen LogP contribution < -0.4 is 5.32 Å². The smallest absolute Gasteiger partial charge is 0.253 e. The fourth-order valence-electron chi connectivity index (χ4n) is 3.73. The summed E-state index contributed by atoms with van der Waals surface area (Å²) in [7, 11) is 0. The van der Waals surface area contributed by atoms with Crippen LogP contribution in [0.1, 0.15) is 54.4 Å². The third-order valence-electron chi connectivity index (χ3n) is 5.02. The molecular formula is C21H23Cl2NO. The number of hydrogen-bond acceptors (Lipinski definition) is 1. The fraction of sp³-hybridized carbons (Fsp3) is 0.381. The van der Waals surface area contributed by atoms with Gasteiger partial charge in [0.05, 0.1) is 15.6 Å². The maximum absolute atomic E-state index is 12.9. The standard InChI is InChI=1S/C21H23Cl2NO/c22-18-12-8-11-17(19(18)23)20(25)24-21(13-6-1-2-7-14-21)15-16-9-4-3-5-10-16/h3-5,8-12H,1-2,6-7,13-15H2,(H,24,25). The van der Waals surface area contributed by atoms with E-state index in [0.717, 1.165) is 32.1 Å². The van der Waals surface area contributed by atoms with Crippen LogP contribution in [0, 0.1) is 0 Å². The van der Waals surface area contributed by atoms with Crippen LogP contribution in [-0.4, -0.2) is 11.4 Å². The molecule has 1 saturated carbocycles. The van der Waals surface area contributed by atoms with Crippen molar-refractivity contribution >= 4 is 29.1 Å². The highest BCUT2D eigenvalue weighted by Crippen LogP contribution is 2.32. The molecule has 1 aliphatic carbocycles. The van der Waals surface area contributed by atoms with E-state index < -0.39 is 0 Å². The molecule has 0 saturated heterocycles. The molecule has 0 atom stereocenters. The van der Waals surface area contributed by atoms with Crippen LogP contribution in [0.2, 0.25) is 10.0 Å². The SMILES string of the molecule is O=C(NC1(Cc2ccccc2)CCCCCC1)c1cccc(Cl)c1Cl. The highest BCUT2D eigenvalue weighted by atomic mass is 35.5. The Hall–Kier alpha value is -1.51. The second-order valence-corrected chi connectivity index (χ2v) is 7.70. The Morgan fingerprint density at radius 3 is 2.28 bits per heavy atom. The Morgan fingerprint density at radius 1 is 0.920 bits per heavy atom. The first-order valence-electron chi connectivity index (χ1n) is 8.90. The summed E-state index contributed by atoms with van der Waals surface area (Å²) in [4.78, 5) is 12.9. The van der Waals surface area contributed by atoms with E-state index in [1.165, 1.54) is 18.4 Å². The molecule has 1 N–H and O–H groups in total. The molecule has 0 aliphatic heterocycles. The van der Waals surface area contributed by atoms with E-state index >= 15 is 0 Å². The van der Waals surface area contributed by atoms with Crippen molar-refractivity contribution < 1.29 is 4.79 Å². The molecule has 2 aromatic carbocycles. The Labute approximate surface area is 159 Å². The van der Waals surface area contributed by atoms with E-state index in [-0.39, 0.29) is 11.4 Å². The number of rotatable bonds is 4. The molecule has 4 heteroatoms. The number of nitrogens with one attached hydrogen (secondary N) is 1. The van der Waals surface area contributed by atoms with Gasteiger partial charge in [-0.3, -0.25) is 4.79 Å². The predicted octanol–water partition coefficient (Wildman–Crippen LogP) is 6.06. The normalized spacial score (nSPS) is 16.9. The first kappa shape index (κ1) is 18.3. The second-order valence-electron chi connectivity index (χ2n) is 6.91. The maximum atomic E-state index is 12.9. The molecule has 1 aliphatic rings. The van der Waals surface area contributed by atoms with Crippen molar-refractivity contribution in [1.29, 1.82) is 0 Å². The number of carbonyl (C=O) groups is 1. The van der Waals surface area contributed by atoms with Crippen molar-refractivity contribution in [3.05, 3.63) is 69.7 Å². The lowest BCUT2D eigenvalue weighted by Gasteiger charge is -2.34. The van der Waals surface area contributed by atoms with Crippen LogP contribution in [-0.2, 0) is 6.42 Å². The van der Waals surface area contributed by atoms with Crippen molar-refractivity contribution in [3.63, 3.8) is 0 Å². The molecule has 0 aromatic heterocycles. The predicted molar refractivity (Wildman–Crippen MR) is 105 cm³/mol. The van der Waals surface area contributed by atoms with Gasteiger partial charge in [0.25, 0.3) is 5.91 Å². The largest absolute Gasteiger partial charge is 0.346 e. The molecule has 3 rings (SSSR count). The molecule has 0 heterocycles. The third kappa shape index (κ3) is 4.56. The van der Waals surface area contributed by atoms with Gasteiger partial charge < -0.3 is 5.32 Å². The molecule has 1 fully saturated rings. The van der Waals surface area contributed by atoms with Crippen LogP contribution in [0.4, 0.5) is 0 Å². The van der Waals surface area contributed by atoms with Crippen molar-refractivity contribution in [2.24, 2.45) is 0 Å². The molecule has 0 unspecified atom stereocenters. The first-order valence-corrected chi connectivity index (χ1v) is 9.66. The summed E-state index contributed by atoms with van der Waals surface area (Å²) in [6, 6.07) is 15.6. The zero-order valence-electron chi connectivity index (χ0n) is 14.2. The number of benzene rings is 2. The number of hydrogen-bond donors (Lipinski definition) is 1. The summed E-state index contributed by atoms with van der Waals surface area (Å²) in [5.74, 6) is -0.134. The van der Waals surface area contributed by atoms with Gasteiger partial charge in [0.2, 0.25) is 0 Å². The molecule has 132 valence electrons.